The molecule has 0 bridgehead atoms. The zero-order chi connectivity index (χ0) is 25.2. The summed E-state index contributed by atoms with van der Waals surface area (Å²) in [5, 5.41) is 1.66. The summed E-state index contributed by atoms with van der Waals surface area (Å²) in [5.41, 5.74) is 4.21. The SMILES string of the molecule is CCCCCCc1ccc(C#Cc2ccc3c(F)c(CCC4CCC(CCC)CC4)ccc3c2)cc1. The number of benzene rings is 3. The van der Waals surface area contributed by atoms with Crippen LogP contribution in [-0.2, 0) is 12.8 Å². The molecule has 0 spiro atoms. The maximum Gasteiger partial charge on any atom is 0.134 e. The number of aryl methyl sites for hydroxylation is 2. The number of hydrogen-bond acceptors (Lipinski definition) is 0. The summed E-state index contributed by atoms with van der Waals surface area (Å²) >= 11 is 0. The minimum Gasteiger partial charge on any atom is -0.206 e. The number of halogens is 1. The molecule has 3 aromatic rings. The normalized spacial score (nSPS) is 17.6. The van der Waals surface area contributed by atoms with Crippen molar-refractivity contribution in [2.24, 2.45) is 11.8 Å². The molecule has 0 unspecified atom stereocenters. The Morgan fingerprint density at radius 1 is 0.694 bits per heavy atom. The molecule has 0 heterocycles. The molecule has 0 atom stereocenters. The van der Waals surface area contributed by atoms with Crippen molar-refractivity contribution >= 4 is 10.8 Å². The van der Waals surface area contributed by atoms with Crippen molar-refractivity contribution < 1.29 is 4.39 Å². The van der Waals surface area contributed by atoms with Crippen LogP contribution >= 0.6 is 0 Å². The number of hydrogen-bond donors (Lipinski definition) is 0. The predicted octanol–water partition coefficient (Wildman–Crippen LogP) is 10.0. The first-order valence-electron chi connectivity index (χ1n) is 14.5. The van der Waals surface area contributed by atoms with Gasteiger partial charge in [-0.3, -0.25) is 0 Å². The molecule has 190 valence electrons. The molecule has 0 aliphatic heterocycles. The van der Waals surface area contributed by atoms with Crippen LogP contribution in [0.15, 0.2) is 54.6 Å². The molecule has 1 aliphatic rings. The van der Waals surface area contributed by atoms with Crippen molar-refractivity contribution in [2.75, 3.05) is 0 Å². The van der Waals surface area contributed by atoms with Crippen LogP contribution in [0.2, 0.25) is 0 Å². The lowest BCUT2D eigenvalue weighted by atomic mass is 9.78. The van der Waals surface area contributed by atoms with Crippen LogP contribution in [0.3, 0.4) is 0 Å². The Hall–Kier alpha value is -2.59. The first-order valence-corrected chi connectivity index (χ1v) is 14.5. The van der Waals surface area contributed by atoms with Gasteiger partial charge < -0.3 is 0 Å². The van der Waals surface area contributed by atoms with E-state index in [9.17, 15) is 0 Å². The lowest BCUT2D eigenvalue weighted by Crippen LogP contribution is -2.15. The Morgan fingerprint density at radius 2 is 1.39 bits per heavy atom. The quantitative estimate of drug-likeness (QED) is 0.199. The third-order valence-corrected chi connectivity index (χ3v) is 8.14. The average molecular weight is 483 g/mol. The summed E-state index contributed by atoms with van der Waals surface area (Å²) < 4.78 is 15.3. The predicted molar refractivity (Wildman–Crippen MR) is 153 cm³/mol. The van der Waals surface area contributed by atoms with Gasteiger partial charge in [-0.15, -0.1) is 0 Å². The Kier molecular flexibility index (Phi) is 10.0. The van der Waals surface area contributed by atoms with Crippen molar-refractivity contribution in [1.82, 2.24) is 0 Å². The highest BCUT2D eigenvalue weighted by Crippen LogP contribution is 2.34. The Labute approximate surface area is 218 Å². The summed E-state index contributed by atoms with van der Waals surface area (Å²) in [6.07, 6.45) is 16.3. The third kappa shape index (κ3) is 7.46. The van der Waals surface area contributed by atoms with Crippen molar-refractivity contribution in [3.8, 4) is 11.8 Å². The summed E-state index contributed by atoms with van der Waals surface area (Å²) in [6.45, 7) is 4.54. The Morgan fingerprint density at radius 3 is 2.11 bits per heavy atom. The Balaban J connectivity index is 1.35. The second-order valence-corrected chi connectivity index (χ2v) is 10.9. The monoisotopic (exact) mass is 482 g/mol. The summed E-state index contributed by atoms with van der Waals surface area (Å²) in [6, 6.07) is 18.6. The molecule has 0 radical (unpaired) electrons. The van der Waals surface area contributed by atoms with Gasteiger partial charge in [0, 0.05) is 16.5 Å². The van der Waals surface area contributed by atoms with Gasteiger partial charge >= 0.3 is 0 Å². The van der Waals surface area contributed by atoms with Crippen LogP contribution in [-0.4, -0.2) is 0 Å². The molecule has 1 fully saturated rings. The van der Waals surface area contributed by atoms with E-state index in [1.54, 1.807) is 0 Å². The maximum atomic E-state index is 15.3. The molecule has 1 heteroatoms. The second kappa shape index (κ2) is 13.6. The average Bonchev–Trinajstić information content (AvgIpc) is 2.91. The highest BCUT2D eigenvalue weighted by atomic mass is 19.1. The van der Waals surface area contributed by atoms with Gasteiger partial charge in [0.15, 0.2) is 0 Å². The van der Waals surface area contributed by atoms with Gasteiger partial charge in [0.2, 0.25) is 0 Å². The van der Waals surface area contributed by atoms with Gasteiger partial charge in [-0.25, -0.2) is 4.39 Å². The molecule has 36 heavy (non-hydrogen) atoms. The summed E-state index contributed by atoms with van der Waals surface area (Å²) in [5.74, 6) is 8.21. The van der Waals surface area contributed by atoms with Crippen molar-refractivity contribution in [2.45, 2.75) is 97.3 Å². The molecule has 1 saturated carbocycles. The lowest BCUT2D eigenvalue weighted by Gasteiger charge is -2.28. The number of fused-ring (bicyclic) bond motifs is 1. The van der Waals surface area contributed by atoms with Gasteiger partial charge in [0.05, 0.1) is 0 Å². The van der Waals surface area contributed by atoms with Crippen LogP contribution in [0, 0.1) is 29.5 Å². The topological polar surface area (TPSA) is 0 Å². The van der Waals surface area contributed by atoms with E-state index in [1.165, 1.54) is 69.8 Å². The summed E-state index contributed by atoms with van der Waals surface area (Å²) in [4.78, 5) is 0. The molecule has 0 aromatic heterocycles. The molecule has 0 nitrogen and oxygen atoms in total. The van der Waals surface area contributed by atoms with Gasteiger partial charge in [-0.05, 0) is 78.3 Å². The van der Waals surface area contributed by atoms with Crippen LogP contribution in [0.4, 0.5) is 4.39 Å². The van der Waals surface area contributed by atoms with Crippen molar-refractivity contribution in [3.05, 3.63) is 82.7 Å². The smallest absolute Gasteiger partial charge is 0.134 e. The van der Waals surface area contributed by atoms with E-state index < -0.39 is 0 Å². The van der Waals surface area contributed by atoms with E-state index >= 15 is 4.39 Å². The highest BCUT2D eigenvalue weighted by Gasteiger charge is 2.21. The maximum absolute atomic E-state index is 15.3. The van der Waals surface area contributed by atoms with Crippen molar-refractivity contribution in [1.29, 1.82) is 0 Å². The molecule has 0 saturated heterocycles. The van der Waals surface area contributed by atoms with Crippen LogP contribution in [0.5, 0.6) is 0 Å². The first kappa shape index (κ1) is 26.5. The summed E-state index contributed by atoms with van der Waals surface area (Å²) in [7, 11) is 0. The minimum atomic E-state index is -0.0406. The Bertz CT molecular complexity index is 1150. The van der Waals surface area contributed by atoms with Gasteiger partial charge in [-0.1, -0.05) is 114 Å². The standard InChI is InChI=1S/C35H43F/c1-3-5-6-7-9-28-12-16-29(17-13-28)18-19-31-21-25-34-33(26-31)24-23-32(35(34)36)22-20-30-14-10-27(8-4-2)11-15-30/h12-13,16-17,21,23-27,30H,3-11,14-15,20,22H2,1-2H3. The van der Waals surface area contributed by atoms with Gasteiger partial charge in [0.25, 0.3) is 0 Å². The fraction of sp³-hybridized carbons (Fsp3) is 0.486. The van der Waals surface area contributed by atoms with Crippen LogP contribution < -0.4 is 0 Å². The number of rotatable bonds is 10. The molecule has 0 amide bonds. The van der Waals surface area contributed by atoms with Crippen LogP contribution in [0.1, 0.15) is 107 Å². The molecule has 0 N–H and O–H groups in total. The van der Waals surface area contributed by atoms with Gasteiger partial charge in [-0.2, -0.15) is 0 Å². The molecule has 1 aliphatic carbocycles. The molecular formula is C35H43F. The second-order valence-electron chi connectivity index (χ2n) is 10.9. The fourth-order valence-electron chi connectivity index (χ4n) is 5.84. The molecule has 4 rings (SSSR count). The van der Waals surface area contributed by atoms with E-state index in [2.05, 4.69) is 56.0 Å². The van der Waals surface area contributed by atoms with E-state index in [4.69, 9.17) is 0 Å². The lowest BCUT2D eigenvalue weighted by molar-refractivity contribution is 0.252. The van der Waals surface area contributed by atoms with Gasteiger partial charge in [0.1, 0.15) is 5.82 Å². The minimum absolute atomic E-state index is 0.0406. The highest BCUT2D eigenvalue weighted by molar-refractivity contribution is 5.85. The third-order valence-electron chi connectivity index (χ3n) is 8.14. The zero-order valence-corrected chi connectivity index (χ0v) is 22.4. The fourth-order valence-corrected chi connectivity index (χ4v) is 5.84. The van der Waals surface area contributed by atoms with E-state index in [0.717, 1.165) is 58.6 Å². The van der Waals surface area contributed by atoms with E-state index in [1.807, 2.05) is 24.3 Å². The zero-order valence-electron chi connectivity index (χ0n) is 22.4. The van der Waals surface area contributed by atoms with E-state index in [-0.39, 0.29) is 5.82 Å². The number of unbranched alkanes of at least 4 members (excludes halogenated alkanes) is 3. The van der Waals surface area contributed by atoms with Crippen LogP contribution in [0.25, 0.3) is 10.8 Å². The van der Waals surface area contributed by atoms with E-state index in [0.29, 0.717) is 0 Å². The van der Waals surface area contributed by atoms with Crippen molar-refractivity contribution in [3.63, 3.8) is 0 Å². The first-order chi connectivity index (χ1) is 17.7. The largest absolute Gasteiger partial charge is 0.206 e. The molecular weight excluding hydrogens is 439 g/mol. The molecule has 3 aromatic carbocycles.